The Bertz CT molecular complexity index is 1230. The summed E-state index contributed by atoms with van der Waals surface area (Å²) in [5.74, 6) is -0.164. The second kappa shape index (κ2) is 11.1. The number of ether oxygens (including phenoxy) is 1. The van der Waals surface area contributed by atoms with Crippen LogP contribution in [0.25, 0.3) is 0 Å². The topological polar surface area (TPSA) is 34.5 Å². The minimum absolute atomic E-state index is 0.0427. The summed E-state index contributed by atoms with van der Waals surface area (Å²) < 4.78 is 88.0. The lowest BCUT2D eigenvalue weighted by molar-refractivity contribution is -0.143. The molecular formula is C28H28F6N2O2. The maximum atomic E-state index is 13.6. The summed E-state index contributed by atoms with van der Waals surface area (Å²) in [4.78, 5) is 15.1. The number of aromatic nitrogens is 1. The first-order valence-electron chi connectivity index (χ1n) is 12.3. The highest BCUT2D eigenvalue weighted by Crippen LogP contribution is 2.37. The molecule has 38 heavy (non-hydrogen) atoms. The average molecular weight is 539 g/mol. The van der Waals surface area contributed by atoms with Gasteiger partial charge in [0.25, 0.3) is 5.91 Å². The van der Waals surface area contributed by atoms with Crippen molar-refractivity contribution >= 4 is 5.91 Å². The predicted octanol–water partition coefficient (Wildman–Crippen LogP) is 7.56. The van der Waals surface area contributed by atoms with Crippen molar-refractivity contribution in [2.45, 2.75) is 63.6 Å². The average Bonchev–Trinajstić information content (AvgIpc) is 3.32. The van der Waals surface area contributed by atoms with E-state index in [2.05, 4.69) is 0 Å². The van der Waals surface area contributed by atoms with Crippen molar-refractivity contribution in [3.63, 3.8) is 0 Å². The number of halogens is 6. The summed E-state index contributed by atoms with van der Waals surface area (Å²) in [7, 11) is 1.56. The molecule has 0 saturated heterocycles. The van der Waals surface area contributed by atoms with E-state index in [0.717, 1.165) is 30.5 Å². The Morgan fingerprint density at radius 1 is 0.921 bits per heavy atom. The first-order valence-corrected chi connectivity index (χ1v) is 12.3. The number of benzene rings is 2. The van der Waals surface area contributed by atoms with E-state index in [-0.39, 0.29) is 18.7 Å². The van der Waals surface area contributed by atoms with E-state index in [1.807, 2.05) is 35.0 Å². The number of amides is 1. The Hall–Kier alpha value is -3.43. The molecule has 1 heterocycles. The molecule has 1 aliphatic rings. The number of carbonyl (C=O) groups is 1. The molecule has 1 aromatic heterocycles. The van der Waals surface area contributed by atoms with Crippen LogP contribution in [0.1, 0.15) is 64.8 Å². The van der Waals surface area contributed by atoms with E-state index in [4.69, 9.17) is 4.74 Å². The maximum Gasteiger partial charge on any atom is 0.416 e. The molecule has 1 saturated carbocycles. The lowest BCUT2D eigenvalue weighted by atomic mass is 9.93. The lowest BCUT2D eigenvalue weighted by Gasteiger charge is -2.35. The van der Waals surface area contributed by atoms with Crippen molar-refractivity contribution in [1.82, 2.24) is 9.47 Å². The highest BCUT2D eigenvalue weighted by atomic mass is 19.4. The van der Waals surface area contributed by atoms with Gasteiger partial charge >= 0.3 is 12.4 Å². The monoisotopic (exact) mass is 538 g/mol. The van der Waals surface area contributed by atoms with Gasteiger partial charge in [-0.25, -0.2) is 0 Å². The molecule has 0 unspecified atom stereocenters. The summed E-state index contributed by atoms with van der Waals surface area (Å²) >= 11 is 0. The van der Waals surface area contributed by atoms with E-state index < -0.39 is 35.0 Å². The van der Waals surface area contributed by atoms with E-state index in [0.29, 0.717) is 37.3 Å². The predicted molar refractivity (Wildman–Crippen MR) is 130 cm³/mol. The molecule has 4 rings (SSSR count). The van der Waals surface area contributed by atoms with Crippen LogP contribution in [-0.2, 0) is 25.4 Å². The molecule has 0 spiro atoms. The quantitative estimate of drug-likeness (QED) is 0.291. The first kappa shape index (κ1) is 27.6. The third kappa shape index (κ3) is 6.52. The fourth-order valence-corrected chi connectivity index (χ4v) is 4.89. The van der Waals surface area contributed by atoms with Crippen LogP contribution in [0.2, 0.25) is 0 Å². The number of hydrogen-bond donors (Lipinski definition) is 0. The molecule has 0 radical (unpaired) electrons. The largest absolute Gasteiger partial charge is 0.497 e. The Morgan fingerprint density at radius 2 is 1.58 bits per heavy atom. The van der Waals surface area contributed by atoms with Gasteiger partial charge in [0.2, 0.25) is 0 Å². The van der Waals surface area contributed by atoms with E-state index >= 15 is 0 Å². The molecular weight excluding hydrogens is 510 g/mol. The van der Waals surface area contributed by atoms with Crippen LogP contribution < -0.4 is 4.74 Å². The zero-order chi connectivity index (χ0) is 27.5. The number of carbonyl (C=O) groups excluding carboxylic acids is 1. The SMILES string of the molecule is COc1cccc(Cn2cccc2CN(C(=O)c2cc(C(F)(F)F)cc(C(F)(F)F)c2)C2CCCCC2)c1. The van der Waals surface area contributed by atoms with E-state index in [9.17, 15) is 31.1 Å². The minimum Gasteiger partial charge on any atom is -0.497 e. The summed E-state index contributed by atoms with van der Waals surface area (Å²) in [6.45, 7) is 0.506. The van der Waals surface area contributed by atoms with Crippen molar-refractivity contribution in [1.29, 1.82) is 0 Å². The van der Waals surface area contributed by atoms with Crippen molar-refractivity contribution in [2.75, 3.05) is 7.11 Å². The van der Waals surface area contributed by atoms with Gasteiger partial charge in [-0.3, -0.25) is 4.79 Å². The van der Waals surface area contributed by atoms with Crippen LogP contribution in [0.4, 0.5) is 26.3 Å². The smallest absolute Gasteiger partial charge is 0.416 e. The third-order valence-electron chi connectivity index (χ3n) is 6.85. The molecule has 1 aliphatic carbocycles. The van der Waals surface area contributed by atoms with Gasteiger partial charge in [0, 0.05) is 30.0 Å². The van der Waals surface area contributed by atoms with Gasteiger partial charge in [-0.1, -0.05) is 31.4 Å². The van der Waals surface area contributed by atoms with E-state index in [1.54, 1.807) is 19.2 Å². The van der Waals surface area contributed by atoms with Crippen molar-refractivity contribution in [3.05, 3.63) is 88.7 Å². The second-order valence-electron chi connectivity index (χ2n) is 9.50. The van der Waals surface area contributed by atoms with Gasteiger partial charge in [0.1, 0.15) is 5.75 Å². The van der Waals surface area contributed by atoms with Crippen LogP contribution in [-0.4, -0.2) is 28.5 Å². The number of hydrogen-bond acceptors (Lipinski definition) is 2. The summed E-state index contributed by atoms with van der Waals surface area (Å²) in [6, 6.07) is 11.8. The normalized spacial score (nSPS) is 14.9. The maximum absolute atomic E-state index is 13.6. The molecule has 10 heteroatoms. The van der Waals surface area contributed by atoms with Gasteiger partial charge in [-0.05, 0) is 60.9 Å². The lowest BCUT2D eigenvalue weighted by Crippen LogP contribution is -2.41. The Kier molecular flexibility index (Phi) is 8.08. The summed E-state index contributed by atoms with van der Waals surface area (Å²) in [5, 5.41) is 0. The van der Waals surface area contributed by atoms with Crippen LogP contribution in [0.5, 0.6) is 5.75 Å². The Morgan fingerprint density at radius 3 is 2.18 bits per heavy atom. The molecule has 204 valence electrons. The molecule has 4 nitrogen and oxygen atoms in total. The highest BCUT2D eigenvalue weighted by molar-refractivity contribution is 5.95. The van der Waals surface area contributed by atoms with Crippen LogP contribution in [0.15, 0.2) is 60.8 Å². The molecule has 2 aromatic carbocycles. The van der Waals surface area contributed by atoms with Gasteiger partial charge in [-0.2, -0.15) is 26.3 Å². The number of nitrogens with zero attached hydrogens (tertiary/aromatic N) is 2. The van der Waals surface area contributed by atoms with Crippen LogP contribution >= 0.6 is 0 Å². The molecule has 1 fully saturated rings. The fourth-order valence-electron chi connectivity index (χ4n) is 4.89. The van der Waals surface area contributed by atoms with Crippen LogP contribution in [0.3, 0.4) is 0 Å². The van der Waals surface area contributed by atoms with Gasteiger partial charge in [-0.15, -0.1) is 0 Å². The molecule has 1 amide bonds. The third-order valence-corrected chi connectivity index (χ3v) is 6.85. The first-order chi connectivity index (χ1) is 18.0. The second-order valence-corrected chi connectivity index (χ2v) is 9.50. The van der Waals surface area contributed by atoms with Gasteiger partial charge in [0.05, 0.1) is 24.8 Å². The van der Waals surface area contributed by atoms with Crippen LogP contribution in [0, 0.1) is 0 Å². The van der Waals surface area contributed by atoms with Crippen molar-refractivity contribution < 1.29 is 35.9 Å². The fraction of sp³-hybridized carbons (Fsp3) is 0.393. The number of alkyl halides is 6. The molecule has 0 aliphatic heterocycles. The molecule has 3 aromatic rings. The van der Waals surface area contributed by atoms with Gasteiger partial charge < -0.3 is 14.2 Å². The number of methoxy groups -OCH3 is 1. The number of rotatable bonds is 7. The minimum atomic E-state index is -5.03. The zero-order valence-corrected chi connectivity index (χ0v) is 20.8. The Balaban J connectivity index is 1.69. The Labute approximate surface area is 216 Å². The van der Waals surface area contributed by atoms with Gasteiger partial charge in [0.15, 0.2) is 0 Å². The highest BCUT2D eigenvalue weighted by Gasteiger charge is 2.38. The standard InChI is InChI=1S/C28H28F6N2O2/c1-38-25-11-5-7-19(13-25)17-35-12-6-10-24(35)18-36(23-8-3-2-4-9-23)26(37)20-14-21(27(29,30)31)16-22(15-20)28(32,33)34/h5-7,10-16,23H,2-4,8-9,17-18H2,1H3. The van der Waals surface area contributed by atoms with Crippen molar-refractivity contribution in [3.8, 4) is 5.75 Å². The molecule has 0 bridgehead atoms. The van der Waals surface area contributed by atoms with Crippen molar-refractivity contribution in [2.24, 2.45) is 0 Å². The molecule has 0 N–H and O–H groups in total. The zero-order valence-electron chi connectivity index (χ0n) is 20.8. The summed E-state index contributed by atoms with van der Waals surface area (Å²) in [6.07, 6.45) is -4.35. The molecule has 0 atom stereocenters. The summed E-state index contributed by atoms with van der Waals surface area (Å²) in [5.41, 5.74) is -1.97. The van der Waals surface area contributed by atoms with E-state index in [1.165, 1.54) is 4.90 Å².